The minimum Gasteiger partial charge on any atom is -0.383 e. The van der Waals surface area contributed by atoms with Crippen LogP contribution in [0.2, 0.25) is 0 Å². The maximum Gasteiger partial charge on any atom is 0.256 e. The molecule has 1 aliphatic rings. The highest BCUT2D eigenvalue weighted by molar-refractivity contribution is 5.40. The summed E-state index contributed by atoms with van der Waals surface area (Å²) in [6.45, 7) is 3.90. The molecule has 1 aromatic rings. The van der Waals surface area contributed by atoms with E-state index in [1.165, 1.54) is 6.42 Å². The van der Waals surface area contributed by atoms with Crippen molar-refractivity contribution < 1.29 is 0 Å². The van der Waals surface area contributed by atoms with Gasteiger partial charge >= 0.3 is 0 Å². The summed E-state index contributed by atoms with van der Waals surface area (Å²) in [7, 11) is 0. The molecule has 4 nitrogen and oxygen atoms in total. The van der Waals surface area contributed by atoms with Crippen molar-refractivity contribution in [2.24, 2.45) is 0 Å². The Balaban J connectivity index is 2.42. The molecule has 2 rings (SSSR count). The van der Waals surface area contributed by atoms with E-state index in [1.807, 2.05) is 13.8 Å². The molecular weight excluding hydrogens is 190 g/mol. The van der Waals surface area contributed by atoms with Gasteiger partial charge in [-0.15, -0.1) is 0 Å². The SMILES string of the molecule is CC(C)c1c(N)nc(C2CCC2)[nH]c1=O. The van der Waals surface area contributed by atoms with Gasteiger partial charge in [0.05, 0.1) is 5.56 Å². The van der Waals surface area contributed by atoms with Crippen LogP contribution >= 0.6 is 0 Å². The molecule has 1 heterocycles. The van der Waals surface area contributed by atoms with Gasteiger partial charge < -0.3 is 10.7 Å². The van der Waals surface area contributed by atoms with Gasteiger partial charge in [0.15, 0.2) is 0 Å². The molecule has 15 heavy (non-hydrogen) atoms. The van der Waals surface area contributed by atoms with Crippen LogP contribution in [-0.4, -0.2) is 9.97 Å². The first-order valence-electron chi connectivity index (χ1n) is 5.49. The highest BCUT2D eigenvalue weighted by atomic mass is 16.1. The standard InChI is InChI=1S/C11H17N3O/c1-6(2)8-9(12)13-10(14-11(8)15)7-4-3-5-7/h6-7H,3-5H2,1-2H3,(H3,12,13,14,15). The third-order valence-electron chi connectivity index (χ3n) is 3.07. The fourth-order valence-corrected chi connectivity index (χ4v) is 1.95. The predicted octanol–water partition coefficient (Wildman–Crippen LogP) is 1.74. The normalized spacial score (nSPS) is 16.7. The van der Waals surface area contributed by atoms with E-state index in [4.69, 9.17) is 5.73 Å². The zero-order valence-electron chi connectivity index (χ0n) is 9.21. The number of nitrogens with one attached hydrogen (secondary N) is 1. The number of nitrogens with two attached hydrogens (primary N) is 1. The average Bonchev–Trinajstić information content (AvgIpc) is 1.97. The lowest BCUT2D eigenvalue weighted by Gasteiger charge is -2.24. The Morgan fingerprint density at radius 3 is 2.53 bits per heavy atom. The Kier molecular flexibility index (Phi) is 2.50. The minimum absolute atomic E-state index is 0.0700. The minimum atomic E-state index is -0.0700. The van der Waals surface area contributed by atoms with Crippen molar-refractivity contribution in [1.29, 1.82) is 0 Å². The van der Waals surface area contributed by atoms with Crippen molar-refractivity contribution in [2.45, 2.75) is 44.9 Å². The van der Waals surface area contributed by atoms with E-state index in [0.29, 0.717) is 17.3 Å². The van der Waals surface area contributed by atoms with Crippen molar-refractivity contribution in [2.75, 3.05) is 5.73 Å². The summed E-state index contributed by atoms with van der Waals surface area (Å²) >= 11 is 0. The molecule has 0 aromatic carbocycles. The predicted molar refractivity (Wildman–Crippen MR) is 60.0 cm³/mol. The van der Waals surface area contributed by atoms with Crippen LogP contribution in [0.4, 0.5) is 5.82 Å². The van der Waals surface area contributed by atoms with Gasteiger partial charge in [0.25, 0.3) is 5.56 Å². The molecule has 4 heteroatoms. The van der Waals surface area contributed by atoms with Crippen molar-refractivity contribution >= 4 is 5.82 Å². The van der Waals surface area contributed by atoms with Crippen molar-refractivity contribution in [3.63, 3.8) is 0 Å². The van der Waals surface area contributed by atoms with E-state index in [1.54, 1.807) is 0 Å². The third kappa shape index (κ3) is 1.76. The number of aromatic nitrogens is 2. The Bertz CT molecular complexity index is 418. The molecule has 0 aliphatic heterocycles. The lowest BCUT2D eigenvalue weighted by atomic mass is 9.85. The number of nitrogens with zero attached hydrogens (tertiary/aromatic N) is 1. The van der Waals surface area contributed by atoms with Crippen LogP contribution in [0.5, 0.6) is 0 Å². The number of hydrogen-bond acceptors (Lipinski definition) is 3. The van der Waals surface area contributed by atoms with Gasteiger partial charge in [-0.3, -0.25) is 4.79 Å². The maximum absolute atomic E-state index is 11.8. The summed E-state index contributed by atoms with van der Waals surface area (Å²) in [5.74, 6) is 1.71. The second kappa shape index (κ2) is 3.68. The monoisotopic (exact) mass is 207 g/mol. The molecular formula is C11H17N3O. The molecule has 1 aliphatic carbocycles. The molecule has 0 unspecified atom stereocenters. The maximum atomic E-state index is 11.8. The number of rotatable bonds is 2. The Labute approximate surface area is 88.9 Å². The molecule has 0 bridgehead atoms. The summed E-state index contributed by atoms with van der Waals surface area (Å²) in [6.07, 6.45) is 3.45. The highest BCUT2D eigenvalue weighted by Gasteiger charge is 2.23. The number of aromatic amines is 1. The van der Waals surface area contributed by atoms with Crippen molar-refractivity contribution in [3.05, 3.63) is 21.7 Å². The van der Waals surface area contributed by atoms with E-state index in [2.05, 4.69) is 9.97 Å². The average molecular weight is 207 g/mol. The van der Waals surface area contributed by atoms with Crippen LogP contribution in [0.1, 0.15) is 56.3 Å². The van der Waals surface area contributed by atoms with E-state index in [-0.39, 0.29) is 11.5 Å². The first-order valence-corrected chi connectivity index (χ1v) is 5.49. The molecule has 1 fully saturated rings. The number of nitrogen functional groups attached to an aromatic ring is 1. The smallest absolute Gasteiger partial charge is 0.256 e. The van der Waals surface area contributed by atoms with Crippen LogP contribution in [0.15, 0.2) is 4.79 Å². The highest BCUT2D eigenvalue weighted by Crippen LogP contribution is 2.34. The van der Waals surface area contributed by atoms with E-state index in [0.717, 1.165) is 18.7 Å². The zero-order chi connectivity index (χ0) is 11.0. The molecule has 0 atom stereocenters. The summed E-state index contributed by atoms with van der Waals surface area (Å²) in [5.41, 5.74) is 6.35. The van der Waals surface area contributed by atoms with Crippen LogP contribution in [0.3, 0.4) is 0 Å². The van der Waals surface area contributed by atoms with Gasteiger partial charge in [0.2, 0.25) is 0 Å². The molecule has 0 spiro atoms. The number of H-pyrrole nitrogens is 1. The Morgan fingerprint density at radius 2 is 2.13 bits per heavy atom. The zero-order valence-corrected chi connectivity index (χ0v) is 9.21. The molecule has 0 amide bonds. The summed E-state index contributed by atoms with van der Waals surface area (Å²) in [4.78, 5) is 18.9. The molecule has 1 aromatic heterocycles. The molecule has 0 saturated heterocycles. The fourth-order valence-electron chi connectivity index (χ4n) is 1.95. The molecule has 82 valence electrons. The molecule has 1 saturated carbocycles. The van der Waals surface area contributed by atoms with Crippen molar-refractivity contribution in [1.82, 2.24) is 9.97 Å². The van der Waals surface area contributed by atoms with Gasteiger partial charge in [0.1, 0.15) is 11.6 Å². The second-order valence-electron chi connectivity index (χ2n) is 4.53. The van der Waals surface area contributed by atoms with Crippen molar-refractivity contribution in [3.8, 4) is 0 Å². The molecule has 3 N–H and O–H groups in total. The largest absolute Gasteiger partial charge is 0.383 e. The van der Waals surface area contributed by atoms with Gasteiger partial charge in [-0.25, -0.2) is 4.98 Å². The topological polar surface area (TPSA) is 71.8 Å². The summed E-state index contributed by atoms with van der Waals surface area (Å²) in [5, 5.41) is 0. The Morgan fingerprint density at radius 1 is 1.47 bits per heavy atom. The first kappa shape index (κ1) is 10.2. The van der Waals surface area contributed by atoms with Gasteiger partial charge in [-0.1, -0.05) is 20.3 Å². The number of anilines is 1. The van der Waals surface area contributed by atoms with Gasteiger partial charge in [0, 0.05) is 5.92 Å². The first-order chi connectivity index (χ1) is 7.09. The van der Waals surface area contributed by atoms with Crippen LogP contribution in [0.25, 0.3) is 0 Å². The second-order valence-corrected chi connectivity index (χ2v) is 4.53. The number of hydrogen-bond donors (Lipinski definition) is 2. The Hall–Kier alpha value is -1.32. The quantitative estimate of drug-likeness (QED) is 0.776. The lowest BCUT2D eigenvalue weighted by Crippen LogP contribution is -2.24. The third-order valence-corrected chi connectivity index (χ3v) is 3.07. The van der Waals surface area contributed by atoms with E-state index in [9.17, 15) is 4.79 Å². The van der Waals surface area contributed by atoms with Crippen LogP contribution < -0.4 is 11.3 Å². The van der Waals surface area contributed by atoms with Crippen LogP contribution in [-0.2, 0) is 0 Å². The lowest BCUT2D eigenvalue weighted by molar-refractivity contribution is 0.400. The van der Waals surface area contributed by atoms with Crippen LogP contribution in [0, 0.1) is 0 Å². The fraction of sp³-hybridized carbons (Fsp3) is 0.636. The van der Waals surface area contributed by atoms with E-state index >= 15 is 0 Å². The summed E-state index contributed by atoms with van der Waals surface area (Å²) < 4.78 is 0. The molecule has 0 radical (unpaired) electrons. The van der Waals surface area contributed by atoms with E-state index < -0.39 is 0 Å². The summed E-state index contributed by atoms with van der Waals surface area (Å²) in [6, 6.07) is 0. The van der Waals surface area contributed by atoms with Gasteiger partial charge in [-0.2, -0.15) is 0 Å². The van der Waals surface area contributed by atoms with Gasteiger partial charge in [-0.05, 0) is 18.8 Å².